The molecule has 1 saturated carbocycles. The molecule has 3 rings (SSSR count). The highest BCUT2D eigenvalue weighted by atomic mass is 16.6. The van der Waals surface area contributed by atoms with Gasteiger partial charge in [0.2, 0.25) is 5.91 Å². The SMILES string of the molecule is Cc1c(C(=O)NC2CC2)nnn1-c1ccc(NC(=O)CNC(=O)OC(C)(C)C)cc1. The second-order valence-electron chi connectivity index (χ2n) is 8.13. The van der Waals surface area contributed by atoms with Crippen LogP contribution >= 0.6 is 0 Å². The topological polar surface area (TPSA) is 127 Å². The predicted molar refractivity (Wildman–Crippen MR) is 109 cm³/mol. The summed E-state index contributed by atoms with van der Waals surface area (Å²) in [4.78, 5) is 35.8. The Labute approximate surface area is 174 Å². The first-order valence-electron chi connectivity index (χ1n) is 9.73. The van der Waals surface area contributed by atoms with Gasteiger partial charge in [-0.05, 0) is 64.8 Å². The van der Waals surface area contributed by atoms with E-state index < -0.39 is 11.7 Å². The third-order valence-electron chi connectivity index (χ3n) is 4.21. The van der Waals surface area contributed by atoms with Crippen LogP contribution in [0.3, 0.4) is 0 Å². The molecule has 0 radical (unpaired) electrons. The molecule has 0 unspecified atom stereocenters. The molecule has 0 saturated heterocycles. The molecule has 0 spiro atoms. The van der Waals surface area contributed by atoms with Crippen LogP contribution in [0, 0.1) is 6.92 Å². The van der Waals surface area contributed by atoms with Crippen molar-refractivity contribution in [2.24, 2.45) is 0 Å². The lowest BCUT2D eigenvalue weighted by Crippen LogP contribution is -2.37. The zero-order valence-corrected chi connectivity index (χ0v) is 17.5. The summed E-state index contributed by atoms with van der Waals surface area (Å²) in [6, 6.07) is 7.15. The Morgan fingerprint density at radius 1 is 1.17 bits per heavy atom. The summed E-state index contributed by atoms with van der Waals surface area (Å²) in [6.45, 7) is 6.80. The number of alkyl carbamates (subject to hydrolysis) is 1. The maximum atomic E-state index is 12.2. The minimum absolute atomic E-state index is 0.210. The third-order valence-corrected chi connectivity index (χ3v) is 4.21. The summed E-state index contributed by atoms with van der Waals surface area (Å²) in [5, 5.41) is 16.0. The van der Waals surface area contributed by atoms with Gasteiger partial charge in [-0.15, -0.1) is 5.10 Å². The number of benzene rings is 1. The Morgan fingerprint density at radius 3 is 2.43 bits per heavy atom. The molecule has 3 N–H and O–H groups in total. The van der Waals surface area contributed by atoms with E-state index in [9.17, 15) is 14.4 Å². The highest BCUT2D eigenvalue weighted by Crippen LogP contribution is 2.20. The number of hydrogen-bond donors (Lipinski definition) is 3. The highest BCUT2D eigenvalue weighted by Gasteiger charge is 2.26. The van der Waals surface area contributed by atoms with E-state index in [1.165, 1.54) is 0 Å². The van der Waals surface area contributed by atoms with Crippen LogP contribution in [0.2, 0.25) is 0 Å². The number of anilines is 1. The Hall–Kier alpha value is -3.43. The molecule has 0 aliphatic heterocycles. The van der Waals surface area contributed by atoms with E-state index in [2.05, 4.69) is 26.3 Å². The number of hydrogen-bond acceptors (Lipinski definition) is 6. The molecule has 2 aromatic rings. The molecule has 1 aliphatic rings. The largest absolute Gasteiger partial charge is 0.444 e. The van der Waals surface area contributed by atoms with Gasteiger partial charge in [-0.2, -0.15) is 0 Å². The number of aromatic nitrogens is 3. The van der Waals surface area contributed by atoms with E-state index in [1.54, 1.807) is 56.6 Å². The third kappa shape index (κ3) is 5.79. The van der Waals surface area contributed by atoms with Crippen molar-refractivity contribution < 1.29 is 19.1 Å². The molecule has 0 atom stereocenters. The summed E-state index contributed by atoms with van der Waals surface area (Å²) in [7, 11) is 0. The Bertz CT molecular complexity index is 941. The van der Waals surface area contributed by atoms with Crippen molar-refractivity contribution in [3.05, 3.63) is 35.7 Å². The van der Waals surface area contributed by atoms with E-state index in [0.29, 0.717) is 22.8 Å². The van der Waals surface area contributed by atoms with Crippen molar-refractivity contribution in [2.75, 3.05) is 11.9 Å². The predicted octanol–water partition coefficient (Wildman–Crippen LogP) is 1.93. The summed E-state index contributed by atoms with van der Waals surface area (Å²) in [5.74, 6) is -0.604. The van der Waals surface area contributed by atoms with Gasteiger partial charge in [-0.25, -0.2) is 9.48 Å². The van der Waals surface area contributed by atoms with Crippen molar-refractivity contribution in [1.82, 2.24) is 25.6 Å². The van der Waals surface area contributed by atoms with Crippen LogP contribution in [-0.4, -0.2) is 51.1 Å². The normalized spacial score (nSPS) is 13.5. The van der Waals surface area contributed by atoms with Crippen LogP contribution < -0.4 is 16.0 Å². The highest BCUT2D eigenvalue weighted by molar-refractivity contribution is 5.94. The molecule has 10 nitrogen and oxygen atoms in total. The number of carbonyl (C=O) groups excluding carboxylic acids is 3. The van der Waals surface area contributed by atoms with E-state index in [1.807, 2.05) is 0 Å². The van der Waals surface area contributed by atoms with Gasteiger partial charge in [0.05, 0.1) is 11.4 Å². The minimum atomic E-state index is -0.656. The van der Waals surface area contributed by atoms with Gasteiger partial charge in [0.15, 0.2) is 5.69 Å². The molecule has 1 aromatic carbocycles. The van der Waals surface area contributed by atoms with Crippen LogP contribution in [0.5, 0.6) is 0 Å². The lowest BCUT2D eigenvalue weighted by molar-refractivity contribution is -0.115. The lowest BCUT2D eigenvalue weighted by Gasteiger charge is -2.19. The average molecular weight is 414 g/mol. The number of ether oxygens (including phenoxy) is 1. The van der Waals surface area contributed by atoms with Crippen LogP contribution in [-0.2, 0) is 9.53 Å². The van der Waals surface area contributed by atoms with E-state index in [0.717, 1.165) is 12.8 Å². The molecule has 1 aromatic heterocycles. The van der Waals surface area contributed by atoms with Gasteiger partial charge >= 0.3 is 6.09 Å². The summed E-state index contributed by atoms with van der Waals surface area (Å²) in [6.07, 6.45) is 1.34. The Morgan fingerprint density at radius 2 is 1.83 bits per heavy atom. The minimum Gasteiger partial charge on any atom is -0.444 e. The molecule has 160 valence electrons. The van der Waals surface area contributed by atoms with Crippen LogP contribution in [0.1, 0.15) is 49.8 Å². The maximum absolute atomic E-state index is 12.2. The van der Waals surface area contributed by atoms with Crippen molar-refractivity contribution >= 4 is 23.6 Å². The molecule has 1 fully saturated rings. The fraction of sp³-hybridized carbons (Fsp3) is 0.450. The van der Waals surface area contributed by atoms with Gasteiger partial charge in [-0.1, -0.05) is 5.21 Å². The fourth-order valence-electron chi connectivity index (χ4n) is 2.62. The zero-order chi connectivity index (χ0) is 21.9. The monoisotopic (exact) mass is 414 g/mol. The van der Waals surface area contributed by atoms with E-state index in [4.69, 9.17) is 4.74 Å². The summed E-state index contributed by atoms with van der Waals surface area (Å²) < 4.78 is 6.65. The number of nitrogens with one attached hydrogen (secondary N) is 3. The maximum Gasteiger partial charge on any atom is 0.408 e. The molecule has 10 heteroatoms. The Kier molecular flexibility index (Phi) is 6.04. The quantitative estimate of drug-likeness (QED) is 0.663. The van der Waals surface area contributed by atoms with Crippen molar-refractivity contribution in [2.45, 2.75) is 52.2 Å². The molecule has 30 heavy (non-hydrogen) atoms. The van der Waals surface area contributed by atoms with Crippen molar-refractivity contribution in [3.63, 3.8) is 0 Å². The van der Waals surface area contributed by atoms with Crippen LogP contribution in [0.25, 0.3) is 5.69 Å². The first-order chi connectivity index (χ1) is 14.1. The molecule has 0 bridgehead atoms. The van der Waals surface area contributed by atoms with Crippen molar-refractivity contribution in [1.29, 1.82) is 0 Å². The van der Waals surface area contributed by atoms with E-state index >= 15 is 0 Å². The van der Waals surface area contributed by atoms with Crippen LogP contribution in [0.15, 0.2) is 24.3 Å². The second-order valence-corrected chi connectivity index (χ2v) is 8.13. The molecular weight excluding hydrogens is 388 g/mol. The zero-order valence-electron chi connectivity index (χ0n) is 17.5. The van der Waals surface area contributed by atoms with Gasteiger partial charge in [0.1, 0.15) is 12.1 Å². The number of nitrogens with zero attached hydrogens (tertiary/aromatic N) is 3. The first kappa shape index (κ1) is 21.3. The second kappa shape index (κ2) is 8.52. The molecular formula is C20H26N6O4. The van der Waals surface area contributed by atoms with Gasteiger partial charge < -0.3 is 20.7 Å². The Balaban J connectivity index is 1.56. The summed E-state index contributed by atoms with van der Waals surface area (Å²) in [5.41, 5.74) is 1.56. The molecule has 3 amide bonds. The van der Waals surface area contributed by atoms with Gasteiger partial charge in [-0.3, -0.25) is 9.59 Å². The smallest absolute Gasteiger partial charge is 0.408 e. The standard InChI is InChI=1S/C20H26N6O4/c1-12-17(18(28)23-14-5-6-14)24-25-26(12)15-9-7-13(8-10-15)22-16(27)11-21-19(29)30-20(2,3)4/h7-10,14H,5-6,11H2,1-4H3,(H,21,29)(H,22,27)(H,23,28). The van der Waals surface area contributed by atoms with E-state index in [-0.39, 0.29) is 24.4 Å². The molecule has 1 heterocycles. The van der Waals surface area contributed by atoms with Gasteiger partial charge in [0, 0.05) is 11.7 Å². The fourth-order valence-corrected chi connectivity index (χ4v) is 2.62. The first-order valence-corrected chi connectivity index (χ1v) is 9.73. The average Bonchev–Trinajstić information content (AvgIpc) is 3.38. The van der Waals surface area contributed by atoms with Gasteiger partial charge in [0.25, 0.3) is 5.91 Å². The molecule has 1 aliphatic carbocycles. The van der Waals surface area contributed by atoms with Crippen LogP contribution in [0.4, 0.5) is 10.5 Å². The number of rotatable bonds is 6. The number of carbonyl (C=O) groups is 3. The van der Waals surface area contributed by atoms with Crippen molar-refractivity contribution in [3.8, 4) is 5.69 Å². The summed E-state index contributed by atoms with van der Waals surface area (Å²) >= 11 is 0. The lowest BCUT2D eigenvalue weighted by atomic mass is 10.2. The number of amides is 3.